The first-order valence-corrected chi connectivity index (χ1v) is 6.46. The molecule has 21 heavy (non-hydrogen) atoms. The topological polar surface area (TPSA) is 72.7 Å². The Balaban J connectivity index is 1.77. The summed E-state index contributed by atoms with van der Waals surface area (Å²) in [6, 6.07) is 16.8. The van der Waals surface area contributed by atoms with Gasteiger partial charge >= 0.3 is 0 Å². The van der Waals surface area contributed by atoms with Crippen molar-refractivity contribution < 1.29 is 4.79 Å². The average molecular weight is 279 g/mol. The Bertz CT molecular complexity index is 749. The van der Waals surface area contributed by atoms with Crippen molar-refractivity contribution in [3.8, 4) is 5.69 Å². The molecular weight excluding hydrogens is 266 g/mol. The van der Waals surface area contributed by atoms with Gasteiger partial charge in [-0.2, -0.15) is 0 Å². The van der Waals surface area contributed by atoms with E-state index in [1.54, 1.807) is 0 Å². The van der Waals surface area contributed by atoms with E-state index >= 15 is 0 Å². The second-order valence-electron chi connectivity index (χ2n) is 4.56. The third-order valence-electron chi connectivity index (χ3n) is 2.91. The normalized spacial score (nSPS) is 10.3. The summed E-state index contributed by atoms with van der Waals surface area (Å²) in [7, 11) is 0. The molecule has 0 bridgehead atoms. The van der Waals surface area contributed by atoms with Crippen molar-refractivity contribution in [1.29, 1.82) is 0 Å². The molecule has 2 aromatic carbocycles. The van der Waals surface area contributed by atoms with Crippen LogP contribution >= 0.6 is 0 Å². The van der Waals surface area contributed by atoms with Crippen molar-refractivity contribution in [1.82, 2.24) is 20.2 Å². The van der Waals surface area contributed by atoms with Crippen LogP contribution in [0.15, 0.2) is 54.6 Å². The number of rotatable bonds is 3. The van der Waals surface area contributed by atoms with E-state index in [0.29, 0.717) is 5.69 Å². The molecule has 104 valence electrons. The van der Waals surface area contributed by atoms with E-state index in [4.69, 9.17) is 0 Å². The van der Waals surface area contributed by atoms with Gasteiger partial charge in [0.1, 0.15) is 0 Å². The fourth-order valence-electron chi connectivity index (χ4n) is 1.80. The zero-order chi connectivity index (χ0) is 14.7. The highest BCUT2D eigenvalue weighted by atomic mass is 16.2. The maximum absolute atomic E-state index is 12.1. The molecule has 0 atom stereocenters. The number of nitrogens with zero attached hydrogens (tertiary/aromatic N) is 4. The zero-order valence-electron chi connectivity index (χ0n) is 11.4. The molecule has 0 unspecified atom stereocenters. The summed E-state index contributed by atoms with van der Waals surface area (Å²) in [6.07, 6.45) is 0. The van der Waals surface area contributed by atoms with Crippen LogP contribution in [0.25, 0.3) is 5.69 Å². The van der Waals surface area contributed by atoms with Gasteiger partial charge in [-0.3, -0.25) is 4.79 Å². The van der Waals surface area contributed by atoms with Gasteiger partial charge in [-0.15, -0.1) is 15.0 Å². The summed E-state index contributed by atoms with van der Waals surface area (Å²) in [4.78, 5) is 13.4. The van der Waals surface area contributed by atoms with Crippen LogP contribution in [0.3, 0.4) is 0 Å². The predicted octanol–water partition coefficient (Wildman–Crippen LogP) is 2.22. The lowest BCUT2D eigenvalue weighted by Crippen LogP contribution is -2.14. The minimum absolute atomic E-state index is 0.0272. The smallest absolute Gasteiger partial charge is 0.297 e. The summed E-state index contributed by atoms with van der Waals surface area (Å²) in [5.74, 6) is -0.361. The quantitative estimate of drug-likeness (QED) is 0.798. The maximum atomic E-state index is 12.1. The lowest BCUT2D eigenvalue weighted by molar-refractivity contribution is 0.101. The highest BCUT2D eigenvalue weighted by molar-refractivity contribution is 6.01. The standard InChI is InChI=1S/C15H13N5O/c1-11-7-9-12(10-8-11)16-15(21)14-17-19-20(18-14)13-5-3-2-4-6-13/h2-10H,1H3,(H,16,21). The van der Waals surface area contributed by atoms with Gasteiger partial charge in [-0.05, 0) is 36.4 Å². The van der Waals surface area contributed by atoms with Crippen molar-refractivity contribution in [2.45, 2.75) is 6.92 Å². The molecule has 0 aliphatic heterocycles. The highest BCUT2D eigenvalue weighted by Gasteiger charge is 2.13. The number of tetrazole rings is 1. The second kappa shape index (κ2) is 5.54. The number of benzene rings is 2. The van der Waals surface area contributed by atoms with E-state index in [1.165, 1.54) is 4.80 Å². The Labute approximate surface area is 121 Å². The fraction of sp³-hybridized carbons (Fsp3) is 0.0667. The summed E-state index contributed by atoms with van der Waals surface area (Å²) >= 11 is 0. The number of carbonyl (C=O) groups is 1. The van der Waals surface area contributed by atoms with Crippen LogP contribution in [0.4, 0.5) is 5.69 Å². The minimum atomic E-state index is -0.388. The first-order valence-electron chi connectivity index (χ1n) is 6.46. The van der Waals surface area contributed by atoms with E-state index in [1.807, 2.05) is 61.5 Å². The van der Waals surface area contributed by atoms with Gasteiger partial charge in [0.25, 0.3) is 11.7 Å². The van der Waals surface area contributed by atoms with E-state index in [-0.39, 0.29) is 11.7 Å². The average Bonchev–Trinajstić information content (AvgIpc) is 3.00. The maximum Gasteiger partial charge on any atom is 0.297 e. The lowest BCUT2D eigenvalue weighted by Gasteiger charge is -2.02. The number of para-hydroxylation sites is 1. The molecule has 1 aromatic heterocycles. The third kappa shape index (κ3) is 2.94. The van der Waals surface area contributed by atoms with Gasteiger partial charge in [0.15, 0.2) is 0 Å². The number of hydrogen-bond acceptors (Lipinski definition) is 4. The van der Waals surface area contributed by atoms with Crippen molar-refractivity contribution in [3.05, 3.63) is 66.0 Å². The summed E-state index contributed by atoms with van der Waals surface area (Å²) in [5.41, 5.74) is 2.57. The van der Waals surface area contributed by atoms with E-state index < -0.39 is 0 Å². The molecule has 0 fully saturated rings. The molecule has 6 heteroatoms. The first kappa shape index (κ1) is 13.0. The van der Waals surface area contributed by atoms with Crippen LogP contribution in [0, 0.1) is 6.92 Å². The Hall–Kier alpha value is -3.02. The monoisotopic (exact) mass is 279 g/mol. The van der Waals surface area contributed by atoms with Crippen molar-refractivity contribution in [2.24, 2.45) is 0 Å². The molecule has 0 saturated heterocycles. The molecule has 0 saturated carbocycles. The zero-order valence-corrected chi connectivity index (χ0v) is 11.4. The minimum Gasteiger partial charge on any atom is -0.319 e. The Kier molecular flexibility index (Phi) is 3.42. The number of aromatic nitrogens is 4. The van der Waals surface area contributed by atoms with Crippen LogP contribution in [-0.4, -0.2) is 26.1 Å². The molecule has 6 nitrogen and oxygen atoms in total. The van der Waals surface area contributed by atoms with Crippen LogP contribution in [0.2, 0.25) is 0 Å². The molecule has 1 N–H and O–H groups in total. The van der Waals surface area contributed by atoms with Crippen LogP contribution < -0.4 is 5.32 Å². The van der Waals surface area contributed by atoms with Crippen LogP contribution in [-0.2, 0) is 0 Å². The van der Waals surface area contributed by atoms with Gasteiger partial charge in [-0.1, -0.05) is 35.9 Å². The molecule has 0 spiro atoms. The number of amides is 1. The van der Waals surface area contributed by atoms with Gasteiger partial charge in [0, 0.05) is 5.69 Å². The van der Waals surface area contributed by atoms with Gasteiger partial charge in [0.2, 0.25) is 0 Å². The molecule has 1 amide bonds. The van der Waals surface area contributed by atoms with Crippen LogP contribution in [0.1, 0.15) is 16.2 Å². The summed E-state index contributed by atoms with van der Waals surface area (Å²) in [6.45, 7) is 1.98. The number of anilines is 1. The first-order chi connectivity index (χ1) is 10.2. The molecule has 0 radical (unpaired) electrons. The molecular formula is C15H13N5O. The lowest BCUT2D eigenvalue weighted by atomic mass is 10.2. The van der Waals surface area contributed by atoms with Crippen LogP contribution in [0.5, 0.6) is 0 Å². The Morgan fingerprint density at radius 1 is 1.05 bits per heavy atom. The number of nitrogens with one attached hydrogen (secondary N) is 1. The van der Waals surface area contributed by atoms with Crippen molar-refractivity contribution >= 4 is 11.6 Å². The largest absolute Gasteiger partial charge is 0.319 e. The number of carbonyl (C=O) groups excluding carboxylic acids is 1. The number of aryl methyl sites for hydroxylation is 1. The van der Waals surface area contributed by atoms with E-state index in [0.717, 1.165) is 11.3 Å². The van der Waals surface area contributed by atoms with Gasteiger partial charge < -0.3 is 5.32 Å². The predicted molar refractivity (Wildman–Crippen MR) is 78.3 cm³/mol. The Morgan fingerprint density at radius 3 is 2.48 bits per heavy atom. The second-order valence-corrected chi connectivity index (χ2v) is 4.56. The SMILES string of the molecule is Cc1ccc(NC(=O)c2nnn(-c3ccccc3)n2)cc1. The van der Waals surface area contributed by atoms with Crippen molar-refractivity contribution in [3.63, 3.8) is 0 Å². The summed E-state index contributed by atoms with van der Waals surface area (Å²) < 4.78 is 0. The van der Waals surface area contributed by atoms with Gasteiger partial charge in [0.05, 0.1) is 5.69 Å². The molecule has 0 aliphatic rings. The molecule has 3 rings (SSSR count). The summed E-state index contributed by atoms with van der Waals surface area (Å²) in [5, 5.41) is 14.5. The third-order valence-corrected chi connectivity index (χ3v) is 2.91. The van der Waals surface area contributed by atoms with E-state index in [2.05, 4.69) is 20.7 Å². The molecule has 0 aliphatic carbocycles. The molecule has 3 aromatic rings. The van der Waals surface area contributed by atoms with Crippen molar-refractivity contribution in [2.75, 3.05) is 5.32 Å². The molecule has 1 heterocycles. The van der Waals surface area contributed by atoms with E-state index in [9.17, 15) is 4.79 Å². The fourth-order valence-corrected chi connectivity index (χ4v) is 1.80. The Morgan fingerprint density at radius 2 is 1.76 bits per heavy atom. The van der Waals surface area contributed by atoms with Gasteiger partial charge in [-0.25, -0.2) is 0 Å². The highest BCUT2D eigenvalue weighted by Crippen LogP contribution is 2.09. The number of hydrogen-bond donors (Lipinski definition) is 1.